The molecule has 0 amide bonds. The lowest BCUT2D eigenvalue weighted by atomic mass is 10.1. The van der Waals surface area contributed by atoms with Gasteiger partial charge in [-0.2, -0.15) is 0 Å². The lowest BCUT2D eigenvalue weighted by molar-refractivity contribution is 0.323. The SMILES string of the molecule is COc1cc(NC(C)(C)C)c(Br)c(OC)c1OC. The zero-order valence-corrected chi connectivity index (χ0v) is 13.3. The van der Waals surface area contributed by atoms with Crippen LogP contribution in [0, 0.1) is 0 Å². The normalized spacial score (nSPS) is 11.1. The smallest absolute Gasteiger partial charge is 0.204 e. The summed E-state index contributed by atoms with van der Waals surface area (Å²) in [5, 5.41) is 3.39. The average molecular weight is 318 g/mol. The maximum atomic E-state index is 5.37. The van der Waals surface area contributed by atoms with Crippen LogP contribution in [0.2, 0.25) is 0 Å². The lowest BCUT2D eigenvalue weighted by Crippen LogP contribution is -2.26. The number of ether oxygens (including phenoxy) is 3. The molecule has 0 heterocycles. The minimum absolute atomic E-state index is 0.0624. The summed E-state index contributed by atoms with van der Waals surface area (Å²) < 4.78 is 16.8. The van der Waals surface area contributed by atoms with Crippen LogP contribution in [-0.4, -0.2) is 26.9 Å². The van der Waals surface area contributed by atoms with E-state index in [9.17, 15) is 0 Å². The number of anilines is 1. The fourth-order valence-corrected chi connectivity index (χ4v) is 2.17. The van der Waals surface area contributed by atoms with Gasteiger partial charge < -0.3 is 19.5 Å². The molecule has 0 atom stereocenters. The molecule has 0 spiro atoms. The molecule has 0 aliphatic heterocycles. The van der Waals surface area contributed by atoms with Crippen molar-refractivity contribution in [3.63, 3.8) is 0 Å². The number of benzene rings is 1. The maximum Gasteiger partial charge on any atom is 0.204 e. The molecule has 1 aromatic carbocycles. The second-order valence-corrected chi connectivity index (χ2v) is 5.67. The Balaban J connectivity index is 3.37. The van der Waals surface area contributed by atoms with Gasteiger partial charge in [0.25, 0.3) is 0 Å². The van der Waals surface area contributed by atoms with E-state index in [4.69, 9.17) is 14.2 Å². The molecule has 1 N–H and O–H groups in total. The second-order valence-electron chi connectivity index (χ2n) is 4.88. The van der Waals surface area contributed by atoms with Crippen molar-refractivity contribution in [3.8, 4) is 17.2 Å². The van der Waals surface area contributed by atoms with Gasteiger partial charge in [0.1, 0.15) is 0 Å². The minimum atomic E-state index is -0.0624. The number of nitrogens with one attached hydrogen (secondary N) is 1. The summed E-state index contributed by atoms with van der Waals surface area (Å²) in [7, 11) is 4.79. The maximum absolute atomic E-state index is 5.37. The zero-order valence-electron chi connectivity index (χ0n) is 11.7. The van der Waals surface area contributed by atoms with E-state index >= 15 is 0 Å². The van der Waals surface area contributed by atoms with Crippen molar-refractivity contribution in [2.45, 2.75) is 26.3 Å². The van der Waals surface area contributed by atoms with E-state index < -0.39 is 0 Å². The van der Waals surface area contributed by atoms with Gasteiger partial charge in [0.05, 0.1) is 31.5 Å². The van der Waals surface area contributed by atoms with E-state index in [1.807, 2.05) is 6.07 Å². The van der Waals surface area contributed by atoms with Crippen molar-refractivity contribution in [3.05, 3.63) is 10.5 Å². The summed E-state index contributed by atoms with van der Waals surface area (Å²) in [6, 6.07) is 1.89. The molecular weight excluding hydrogens is 298 g/mol. The van der Waals surface area contributed by atoms with Crippen molar-refractivity contribution < 1.29 is 14.2 Å². The predicted molar refractivity (Wildman–Crippen MR) is 77.2 cm³/mol. The average Bonchev–Trinajstić information content (AvgIpc) is 2.29. The summed E-state index contributed by atoms with van der Waals surface area (Å²) in [6.07, 6.45) is 0. The van der Waals surface area contributed by atoms with Crippen LogP contribution >= 0.6 is 15.9 Å². The number of hydrogen-bond donors (Lipinski definition) is 1. The van der Waals surface area contributed by atoms with Gasteiger partial charge in [-0.1, -0.05) is 0 Å². The summed E-state index contributed by atoms with van der Waals surface area (Å²) in [5.74, 6) is 1.82. The van der Waals surface area contributed by atoms with E-state index in [1.54, 1.807) is 21.3 Å². The van der Waals surface area contributed by atoms with Crippen molar-refractivity contribution >= 4 is 21.6 Å². The van der Waals surface area contributed by atoms with Gasteiger partial charge in [0.15, 0.2) is 11.5 Å². The van der Waals surface area contributed by atoms with Crippen LogP contribution in [0.3, 0.4) is 0 Å². The quantitative estimate of drug-likeness (QED) is 0.919. The number of halogens is 1. The first kappa shape index (κ1) is 15.0. The fourth-order valence-electron chi connectivity index (χ4n) is 1.62. The Kier molecular flexibility index (Phi) is 4.73. The molecule has 102 valence electrons. The highest BCUT2D eigenvalue weighted by atomic mass is 79.9. The largest absolute Gasteiger partial charge is 0.493 e. The third-order valence-electron chi connectivity index (χ3n) is 2.28. The van der Waals surface area contributed by atoms with E-state index in [1.165, 1.54) is 0 Å². The van der Waals surface area contributed by atoms with E-state index in [-0.39, 0.29) is 5.54 Å². The highest BCUT2D eigenvalue weighted by Gasteiger charge is 2.21. The minimum Gasteiger partial charge on any atom is -0.493 e. The van der Waals surface area contributed by atoms with Gasteiger partial charge >= 0.3 is 0 Å². The van der Waals surface area contributed by atoms with Crippen molar-refractivity contribution in [1.29, 1.82) is 0 Å². The van der Waals surface area contributed by atoms with Gasteiger partial charge in [-0.25, -0.2) is 0 Å². The molecule has 18 heavy (non-hydrogen) atoms. The van der Waals surface area contributed by atoms with Gasteiger partial charge in [-0.05, 0) is 36.7 Å². The van der Waals surface area contributed by atoms with Gasteiger partial charge in [-0.3, -0.25) is 0 Å². The van der Waals surface area contributed by atoms with E-state index in [2.05, 4.69) is 42.0 Å². The molecule has 0 fully saturated rings. The molecule has 0 saturated carbocycles. The number of methoxy groups -OCH3 is 3. The van der Waals surface area contributed by atoms with Crippen molar-refractivity contribution in [1.82, 2.24) is 0 Å². The van der Waals surface area contributed by atoms with Gasteiger partial charge in [0.2, 0.25) is 5.75 Å². The third kappa shape index (κ3) is 3.22. The summed E-state index contributed by atoms with van der Waals surface area (Å²) in [6.45, 7) is 6.26. The first-order chi connectivity index (χ1) is 8.34. The van der Waals surface area contributed by atoms with Crippen LogP contribution in [0.1, 0.15) is 20.8 Å². The van der Waals surface area contributed by atoms with Crippen molar-refractivity contribution in [2.75, 3.05) is 26.6 Å². The molecule has 0 aliphatic rings. The van der Waals surface area contributed by atoms with Crippen LogP contribution in [-0.2, 0) is 0 Å². The summed E-state index contributed by atoms with van der Waals surface area (Å²) in [4.78, 5) is 0. The highest BCUT2D eigenvalue weighted by Crippen LogP contribution is 2.47. The van der Waals surface area contributed by atoms with Crippen LogP contribution in [0.4, 0.5) is 5.69 Å². The van der Waals surface area contributed by atoms with E-state index in [0.717, 1.165) is 10.2 Å². The molecule has 0 radical (unpaired) electrons. The standard InChI is InChI=1S/C13H20BrNO3/c1-13(2,3)15-8-7-9(16-4)11(17-5)12(18-6)10(8)14/h7,15H,1-6H3. The Labute approximate surface area is 117 Å². The molecule has 1 aromatic rings. The highest BCUT2D eigenvalue weighted by molar-refractivity contribution is 9.10. The number of rotatable bonds is 4. The Hall–Kier alpha value is -1.10. The van der Waals surface area contributed by atoms with Crippen LogP contribution < -0.4 is 19.5 Å². The monoisotopic (exact) mass is 317 g/mol. The van der Waals surface area contributed by atoms with Gasteiger partial charge in [0, 0.05) is 11.6 Å². The molecule has 0 bridgehead atoms. The van der Waals surface area contributed by atoms with Crippen LogP contribution in [0.15, 0.2) is 10.5 Å². The Morgan fingerprint density at radius 2 is 1.56 bits per heavy atom. The second kappa shape index (κ2) is 5.69. The van der Waals surface area contributed by atoms with E-state index in [0.29, 0.717) is 17.2 Å². The molecular formula is C13H20BrNO3. The molecule has 0 aromatic heterocycles. The van der Waals surface area contributed by atoms with Gasteiger partial charge in [-0.15, -0.1) is 0 Å². The Morgan fingerprint density at radius 1 is 1.00 bits per heavy atom. The molecule has 0 saturated heterocycles. The number of hydrogen-bond acceptors (Lipinski definition) is 4. The molecule has 5 heteroatoms. The molecule has 4 nitrogen and oxygen atoms in total. The first-order valence-electron chi connectivity index (χ1n) is 5.60. The van der Waals surface area contributed by atoms with Crippen LogP contribution in [0.5, 0.6) is 17.2 Å². The third-order valence-corrected chi connectivity index (χ3v) is 3.07. The topological polar surface area (TPSA) is 39.7 Å². The first-order valence-corrected chi connectivity index (χ1v) is 6.40. The lowest BCUT2D eigenvalue weighted by Gasteiger charge is -2.25. The van der Waals surface area contributed by atoms with Crippen molar-refractivity contribution in [2.24, 2.45) is 0 Å². The fraction of sp³-hybridized carbons (Fsp3) is 0.538. The Morgan fingerprint density at radius 3 is 1.94 bits per heavy atom. The zero-order chi connectivity index (χ0) is 13.9. The van der Waals surface area contributed by atoms with Crippen LogP contribution in [0.25, 0.3) is 0 Å². The molecule has 0 aliphatic carbocycles. The predicted octanol–water partition coefficient (Wildman–Crippen LogP) is 3.69. The molecule has 0 unspecified atom stereocenters. The summed E-state index contributed by atoms with van der Waals surface area (Å²) in [5.41, 5.74) is 0.838. The Bertz CT molecular complexity index is 427. The summed E-state index contributed by atoms with van der Waals surface area (Å²) >= 11 is 3.53. The molecule has 1 rings (SSSR count).